The third kappa shape index (κ3) is 4.67. The maximum absolute atomic E-state index is 6.29. The van der Waals surface area contributed by atoms with E-state index in [2.05, 4.69) is 18.5 Å². The molecule has 0 amide bonds. The molecule has 2 rings (SSSR count). The van der Waals surface area contributed by atoms with E-state index in [0.717, 1.165) is 36.6 Å². The fourth-order valence-electron chi connectivity index (χ4n) is 1.97. The summed E-state index contributed by atoms with van der Waals surface area (Å²) < 4.78 is 5.99. The Morgan fingerprint density at radius 2 is 1.90 bits per heavy atom. The normalized spacial score (nSPS) is 10.6. The molecule has 4 heteroatoms. The lowest BCUT2D eigenvalue weighted by Gasteiger charge is -2.13. The zero-order chi connectivity index (χ0) is 15.1. The van der Waals surface area contributed by atoms with Gasteiger partial charge in [-0.2, -0.15) is 0 Å². The number of rotatable bonds is 7. The van der Waals surface area contributed by atoms with Crippen molar-refractivity contribution in [1.29, 1.82) is 0 Å². The summed E-state index contributed by atoms with van der Waals surface area (Å²) in [6, 6.07) is 13.9. The van der Waals surface area contributed by atoms with Gasteiger partial charge in [-0.3, -0.25) is 0 Å². The van der Waals surface area contributed by atoms with Crippen LogP contribution in [0.15, 0.2) is 47.4 Å². The van der Waals surface area contributed by atoms with Crippen LogP contribution in [0.1, 0.15) is 18.9 Å². The highest BCUT2D eigenvalue weighted by Gasteiger charge is 2.09. The van der Waals surface area contributed by atoms with Gasteiger partial charge < -0.3 is 10.1 Å². The van der Waals surface area contributed by atoms with Gasteiger partial charge in [0.25, 0.3) is 0 Å². The number of ether oxygens (including phenoxy) is 1. The molecule has 0 saturated carbocycles. The highest BCUT2D eigenvalue weighted by atomic mass is 35.5. The molecule has 0 fully saturated rings. The Labute approximate surface area is 135 Å². The van der Waals surface area contributed by atoms with Crippen LogP contribution < -0.4 is 10.1 Å². The molecule has 0 aliphatic rings. The summed E-state index contributed by atoms with van der Waals surface area (Å²) in [5.74, 6) is 1.54. The highest BCUT2D eigenvalue weighted by Crippen LogP contribution is 2.33. The molecule has 0 atom stereocenters. The molecule has 0 spiro atoms. The van der Waals surface area contributed by atoms with Crippen LogP contribution in [0.5, 0.6) is 11.5 Å². The zero-order valence-corrected chi connectivity index (χ0v) is 13.9. The van der Waals surface area contributed by atoms with Gasteiger partial charge >= 0.3 is 0 Å². The number of nitrogens with one attached hydrogen (secondary N) is 1. The van der Waals surface area contributed by atoms with E-state index >= 15 is 0 Å². The largest absolute Gasteiger partial charge is 0.455 e. The second kappa shape index (κ2) is 8.32. The van der Waals surface area contributed by atoms with Crippen molar-refractivity contribution in [2.75, 3.05) is 12.8 Å². The lowest BCUT2D eigenvalue weighted by Crippen LogP contribution is -2.14. The van der Waals surface area contributed by atoms with Crippen LogP contribution in [-0.2, 0) is 6.54 Å². The van der Waals surface area contributed by atoms with Crippen LogP contribution in [0, 0.1) is 0 Å². The van der Waals surface area contributed by atoms with Crippen LogP contribution in [0.25, 0.3) is 0 Å². The van der Waals surface area contributed by atoms with Crippen LogP contribution in [0.4, 0.5) is 0 Å². The minimum absolute atomic E-state index is 0.639. The Morgan fingerprint density at radius 1 is 1.14 bits per heavy atom. The summed E-state index contributed by atoms with van der Waals surface area (Å²) in [4.78, 5) is 1.21. The maximum atomic E-state index is 6.29. The quantitative estimate of drug-likeness (QED) is 0.548. The summed E-state index contributed by atoms with van der Waals surface area (Å²) in [5, 5.41) is 4.02. The molecular formula is C17H20ClNOS. The van der Waals surface area contributed by atoms with E-state index in [1.54, 1.807) is 11.8 Å². The topological polar surface area (TPSA) is 21.3 Å². The van der Waals surface area contributed by atoms with Gasteiger partial charge in [-0.05, 0) is 49.6 Å². The van der Waals surface area contributed by atoms with Crippen molar-refractivity contribution in [3.05, 3.63) is 53.1 Å². The molecule has 0 saturated heterocycles. The van der Waals surface area contributed by atoms with E-state index < -0.39 is 0 Å². The molecule has 0 bridgehead atoms. The molecule has 0 aliphatic carbocycles. The van der Waals surface area contributed by atoms with Crippen molar-refractivity contribution in [1.82, 2.24) is 5.32 Å². The van der Waals surface area contributed by atoms with Gasteiger partial charge in [0.2, 0.25) is 0 Å². The fraction of sp³-hybridized carbons (Fsp3) is 0.294. The average Bonchev–Trinajstić information content (AvgIpc) is 2.51. The van der Waals surface area contributed by atoms with Gasteiger partial charge in [0, 0.05) is 17.0 Å². The minimum Gasteiger partial charge on any atom is -0.455 e. The second-order valence-electron chi connectivity index (χ2n) is 4.68. The fourth-order valence-corrected chi connectivity index (χ4v) is 2.61. The van der Waals surface area contributed by atoms with E-state index in [0.29, 0.717) is 5.02 Å². The predicted octanol–water partition coefficient (Wildman–Crippen LogP) is 5.35. The molecule has 0 radical (unpaired) electrons. The number of halogens is 1. The highest BCUT2D eigenvalue weighted by molar-refractivity contribution is 7.98. The van der Waals surface area contributed by atoms with E-state index in [9.17, 15) is 0 Å². The number of hydrogen-bond acceptors (Lipinski definition) is 3. The van der Waals surface area contributed by atoms with Crippen molar-refractivity contribution in [3.8, 4) is 11.5 Å². The molecule has 2 nitrogen and oxygen atoms in total. The summed E-state index contributed by atoms with van der Waals surface area (Å²) in [6.07, 6.45) is 3.16. The van der Waals surface area contributed by atoms with Gasteiger partial charge in [0.1, 0.15) is 11.5 Å². The first-order valence-electron chi connectivity index (χ1n) is 7.04. The predicted molar refractivity (Wildman–Crippen MR) is 91.7 cm³/mol. The van der Waals surface area contributed by atoms with Crippen molar-refractivity contribution >= 4 is 23.4 Å². The van der Waals surface area contributed by atoms with Crippen LogP contribution in [0.3, 0.4) is 0 Å². The summed E-state index contributed by atoms with van der Waals surface area (Å²) in [5.41, 5.74) is 1.07. The Bertz CT molecular complexity index is 572. The van der Waals surface area contributed by atoms with Gasteiger partial charge in [-0.1, -0.05) is 30.7 Å². The lowest BCUT2D eigenvalue weighted by molar-refractivity contribution is 0.472. The van der Waals surface area contributed by atoms with Crippen LogP contribution in [-0.4, -0.2) is 12.8 Å². The molecule has 0 unspecified atom stereocenters. The summed E-state index contributed by atoms with van der Waals surface area (Å²) in [6.45, 7) is 3.89. The molecule has 1 N–H and O–H groups in total. The van der Waals surface area contributed by atoms with Gasteiger partial charge in [-0.25, -0.2) is 0 Å². The molecule has 2 aromatic rings. The number of benzene rings is 2. The van der Waals surface area contributed by atoms with E-state index in [1.165, 1.54) is 4.90 Å². The van der Waals surface area contributed by atoms with Crippen molar-refractivity contribution in [2.45, 2.75) is 24.8 Å². The van der Waals surface area contributed by atoms with Gasteiger partial charge in [0.15, 0.2) is 0 Å². The molecular weight excluding hydrogens is 302 g/mol. The maximum Gasteiger partial charge on any atom is 0.150 e. The Balaban J connectivity index is 2.16. The van der Waals surface area contributed by atoms with Crippen molar-refractivity contribution < 1.29 is 4.74 Å². The molecule has 0 aliphatic heterocycles. The third-order valence-electron chi connectivity index (χ3n) is 3.07. The van der Waals surface area contributed by atoms with E-state index in [4.69, 9.17) is 16.3 Å². The smallest absolute Gasteiger partial charge is 0.150 e. The zero-order valence-electron chi connectivity index (χ0n) is 12.4. The lowest BCUT2D eigenvalue weighted by atomic mass is 10.2. The first-order valence-corrected chi connectivity index (χ1v) is 8.65. The van der Waals surface area contributed by atoms with Crippen molar-refractivity contribution in [3.63, 3.8) is 0 Å². The molecule has 2 aromatic carbocycles. The minimum atomic E-state index is 0.639. The monoisotopic (exact) mass is 321 g/mol. The molecule has 0 heterocycles. The summed E-state index contributed by atoms with van der Waals surface area (Å²) >= 11 is 8.01. The van der Waals surface area contributed by atoms with Crippen molar-refractivity contribution in [2.24, 2.45) is 0 Å². The van der Waals surface area contributed by atoms with Crippen LogP contribution >= 0.6 is 23.4 Å². The SMILES string of the molecule is CCCNCc1cccc(Cl)c1Oc1ccc(SC)cc1. The van der Waals surface area contributed by atoms with E-state index in [1.807, 2.05) is 42.5 Å². The molecule has 21 heavy (non-hydrogen) atoms. The number of thioether (sulfide) groups is 1. The Morgan fingerprint density at radius 3 is 2.57 bits per heavy atom. The first kappa shape index (κ1) is 16.2. The third-order valence-corrected chi connectivity index (χ3v) is 4.11. The summed E-state index contributed by atoms with van der Waals surface area (Å²) in [7, 11) is 0. The second-order valence-corrected chi connectivity index (χ2v) is 5.97. The van der Waals surface area contributed by atoms with Crippen LogP contribution in [0.2, 0.25) is 5.02 Å². The standard InChI is InChI=1S/C17H20ClNOS/c1-3-11-19-12-13-5-4-6-16(18)17(13)20-14-7-9-15(21-2)10-8-14/h4-10,19H,3,11-12H2,1-2H3. The Kier molecular flexibility index (Phi) is 6.43. The number of hydrogen-bond donors (Lipinski definition) is 1. The number of para-hydroxylation sites is 1. The average molecular weight is 322 g/mol. The molecule has 0 aromatic heterocycles. The van der Waals surface area contributed by atoms with Gasteiger partial charge in [-0.15, -0.1) is 11.8 Å². The molecule has 112 valence electrons. The van der Waals surface area contributed by atoms with E-state index in [-0.39, 0.29) is 0 Å². The van der Waals surface area contributed by atoms with Gasteiger partial charge in [0.05, 0.1) is 5.02 Å². The Hall–Kier alpha value is -1.16. The first-order chi connectivity index (χ1) is 10.2.